The van der Waals surface area contributed by atoms with Crippen molar-refractivity contribution in [3.8, 4) is 11.5 Å². The van der Waals surface area contributed by atoms with Crippen molar-refractivity contribution in [3.05, 3.63) is 47.6 Å². The molecule has 0 radical (unpaired) electrons. The van der Waals surface area contributed by atoms with Crippen molar-refractivity contribution >= 4 is 17.6 Å². The zero-order valence-corrected chi connectivity index (χ0v) is 19.6. The lowest BCUT2D eigenvalue weighted by molar-refractivity contribution is -0.147. The van der Waals surface area contributed by atoms with Gasteiger partial charge in [-0.25, -0.2) is 4.79 Å². The number of benzene rings is 1. The molecule has 34 heavy (non-hydrogen) atoms. The van der Waals surface area contributed by atoms with E-state index in [9.17, 15) is 19.8 Å². The van der Waals surface area contributed by atoms with Gasteiger partial charge >= 0.3 is 5.97 Å². The monoisotopic (exact) mass is 472 g/mol. The zero-order chi connectivity index (χ0) is 24.5. The van der Waals surface area contributed by atoms with Crippen molar-refractivity contribution in [2.24, 2.45) is 5.16 Å². The highest BCUT2D eigenvalue weighted by atomic mass is 16.6. The maximum atomic E-state index is 12.6. The molecule has 3 rings (SSSR count). The maximum absolute atomic E-state index is 12.6. The molecule has 1 aromatic rings. The summed E-state index contributed by atoms with van der Waals surface area (Å²) in [7, 11) is 0. The third-order valence-corrected chi connectivity index (χ3v) is 5.40. The van der Waals surface area contributed by atoms with Crippen LogP contribution in [0.2, 0.25) is 0 Å². The number of esters is 1. The number of ether oxygens (including phenoxy) is 2. The molecule has 9 heteroatoms. The standard InChI is InChI=1S/C25H32N2O7/c1-17-14-27(15-18(2)34-17)23(30)16-33-26-20-9-7-5-3-4-6-8-10-32-25(31)24-19(11-20)12-21(28)13-22(24)29/h4,6-7,9,12-13,17-18,28-29H,3,5,8,10-11,14-16H2,1-2H3/b6-4+,9-7+,26-20-. The van der Waals surface area contributed by atoms with Crippen molar-refractivity contribution in [1.29, 1.82) is 0 Å². The average molecular weight is 473 g/mol. The average Bonchev–Trinajstić information content (AvgIpc) is 2.76. The fraction of sp³-hybridized carbons (Fsp3) is 0.480. The highest BCUT2D eigenvalue weighted by Crippen LogP contribution is 2.29. The number of aromatic hydroxyl groups is 2. The van der Waals surface area contributed by atoms with Crippen LogP contribution in [0.1, 0.15) is 49.0 Å². The molecule has 0 aromatic heterocycles. The van der Waals surface area contributed by atoms with E-state index in [-0.39, 0.29) is 54.8 Å². The summed E-state index contributed by atoms with van der Waals surface area (Å²) in [4.78, 5) is 32.2. The number of allylic oxidation sites excluding steroid dienone is 3. The summed E-state index contributed by atoms with van der Waals surface area (Å²) >= 11 is 0. The number of fused-ring (bicyclic) bond motifs is 1. The third-order valence-electron chi connectivity index (χ3n) is 5.40. The van der Waals surface area contributed by atoms with Gasteiger partial charge in [0.1, 0.15) is 17.1 Å². The molecular weight excluding hydrogens is 440 g/mol. The fourth-order valence-electron chi connectivity index (χ4n) is 3.94. The lowest BCUT2D eigenvalue weighted by Gasteiger charge is -2.35. The van der Waals surface area contributed by atoms with Gasteiger partial charge < -0.3 is 29.4 Å². The Balaban J connectivity index is 1.79. The summed E-state index contributed by atoms with van der Waals surface area (Å²) in [6, 6.07) is 2.47. The van der Waals surface area contributed by atoms with Gasteiger partial charge in [0.2, 0.25) is 0 Å². The van der Waals surface area contributed by atoms with Crippen molar-refractivity contribution in [2.75, 3.05) is 26.3 Å². The van der Waals surface area contributed by atoms with E-state index >= 15 is 0 Å². The minimum absolute atomic E-state index is 0.0349. The van der Waals surface area contributed by atoms with Gasteiger partial charge in [-0.15, -0.1) is 0 Å². The molecule has 1 amide bonds. The molecule has 1 saturated heterocycles. The SMILES string of the molecule is CC1CN(C(=O)CO/N=C2/C=C/CC/C=C/CCOC(=O)c3c(O)cc(O)cc3C2)CC(C)O1. The molecule has 2 aliphatic heterocycles. The van der Waals surface area contributed by atoms with Crippen molar-refractivity contribution in [3.63, 3.8) is 0 Å². The molecule has 2 N–H and O–H groups in total. The van der Waals surface area contributed by atoms with Crippen LogP contribution in [-0.2, 0) is 25.5 Å². The summed E-state index contributed by atoms with van der Waals surface area (Å²) in [5, 5.41) is 24.4. The number of amides is 1. The molecule has 0 bridgehead atoms. The first-order chi connectivity index (χ1) is 16.3. The predicted octanol–water partition coefficient (Wildman–Crippen LogP) is 3.10. The molecule has 2 heterocycles. The normalized spacial score (nSPS) is 25.1. The molecule has 184 valence electrons. The minimum Gasteiger partial charge on any atom is -0.508 e. The largest absolute Gasteiger partial charge is 0.508 e. The number of hydrogen-bond donors (Lipinski definition) is 2. The highest BCUT2D eigenvalue weighted by Gasteiger charge is 2.26. The summed E-state index contributed by atoms with van der Waals surface area (Å²) in [5.41, 5.74) is 0.730. The Morgan fingerprint density at radius 2 is 1.82 bits per heavy atom. The van der Waals surface area contributed by atoms with Crippen LogP contribution in [0.3, 0.4) is 0 Å². The molecule has 1 fully saturated rings. The van der Waals surface area contributed by atoms with Gasteiger partial charge in [-0.05, 0) is 50.8 Å². The number of rotatable bonds is 3. The Morgan fingerprint density at radius 3 is 2.59 bits per heavy atom. The van der Waals surface area contributed by atoms with Crippen LogP contribution < -0.4 is 0 Å². The number of phenols is 2. The number of carbonyl (C=O) groups excluding carboxylic acids is 2. The third kappa shape index (κ3) is 7.34. The van der Waals surface area contributed by atoms with Gasteiger partial charge in [0, 0.05) is 25.6 Å². The Kier molecular flexibility index (Phi) is 9.09. The molecule has 2 unspecified atom stereocenters. The zero-order valence-electron chi connectivity index (χ0n) is 19.6. The van der Waals surface area contributed by atoms with Crippen LogP contribution in [0, 0.1) is 0 Å². The second-order valence-electron chi connectivity index (χ2n) is 8.46. The van der Waals surface area contributed by atoms with Crippen molar-refractivity contribution < 1.29 is 34.1 Å². The molecule has 2 atom stereocenters. The first-order valence-electron chi connectivity index (χ1n) is 11.5. The molecule has 1 aromatic carbocycles. The number of morpholine rings is 1. The molecule has 0 saturated carbocycles. The molecule has 0 aliphatic carbocycles. The van der Waals surface area contributed by atoms with Gasteiger partial charge in [0.15, 0.2) is 6.61 Å². The summed E-state index contributed by atoms with van der Waals surface area (Å²) in [5.74, 6) is -1.45. The van der Waals surface area contributed by atoms with E-state index in [0.29, 0.717) is 30.8 Å². The number of oxime groups is 1. The van der Waals surface area contributed by atoms with Crippen LogP contribution in [0.15, 0.2) is 41.6 Å². The lowest BCUT2D eigenvalue weighted by Crippen LogP contribution is -2.49. The van der Waals surface area contributed by atoms with Crippen LogP contribution in [0.4, 0.5) is 0 Å². The lowest BCUT2D eigenvalue weighted by atomic mass is 10.00. The van der Waals surface area contributed by atoms with Gasteiger partial charge in [-0.2, -0.15) is 0 Å². The van der Waals surface area contributed by atoms with Crippen molar-refractivity contribution in [2.45, 2.75) is 51.7 Å². The van der Waals surface area contributed by atoms with Crippen LogP contribution >= 0.6 is 0 Å². The predicted molar refractivity (Wildman–Crippen MR) is 126 cm³/mol. The fourth-order valence-corrected chi connectivity index (χ4v) is 3.94. The number of carbonyl (C=O) groups is 2. The topological polar surface area (TPSA) is 118 Å². The minimum atomic E-state index is -0.687. The molecular formula is C25H32N2O7. The first kappa shape index (κ1) is 25.3. The van der Waals surface area contributed by atoms with Gasteiger partial charge in [-0.1, -0.05) is 23.4 Å². The Bertz CT molecular complexity index is 960. The highest BCUT2D eigenvalue weighted by molar-refractivity contribution is 6.00. The smallest absolute Gasteiger partial charge is 0.342 e. The van der Waals surface area contributed by atoms with E-state index in [0.717, 1.165) is 18.9 Å². The number of nitrogens with zero attached hydrogens (tertiary/aromatic N) is 2. The summed E-state index contributed by atoms with van der Waals surface area (Å²) in [6.45, 7) is 4.75. The van der Waals surface area contributed by atoms with Gasteiger partial charge in [0.25, 0.3) is 5.91 Å². The van der Waals surface area contributed by atoms with E-state index in [1.54, 1.807) is 11.0 Å². The van der Waals surface area contributed by atoms with Crippen LogP contribution in [0.5, 0.6) is 11.5 Å². The Morgan fingerprint density at radius 1 is 1.12 bits per heavy atom. The first-order valence-corrected chi connectivity index (χ1v) is 11.5. The second-order valence-corrected chi connectivity index (χ2v) is 8.46. The van der Waals surface area contributed by atoms with Gasteiger partial charge in [0.05, 0.1) is 24.5 Å². The van der Waals surface area contributed by atoms with E-state index in [1.807, 2.05) is 32.1 Å². The molecule has 9 nitrogen and oxygen atoms in total. The maximum Gasteiger partial charge on any atom is 0.342 e. The Hall–Kier alpha value is -3.33. The van der Waals surface area contributed by atoms with Crippen LogP contribution in [0.25, 0.3) is 0 Å². The van der Waals surface area contributed by atoms with E-state index < -0.39 is 5.97 Å². The van der Waals surface area contributed by atoms with Gasteiger partial charge in [-0.3, -0.25) is 4.79 Å². The number of cyclic esters (lactones) is 1. The van der Waals surface area contributed by atoms with Crippen molar-refractivity contribution in [1.82, 2.24) is 4.90 Å². The van der Waals surface area contributed by atoms with E-state index in [1.165, 1.54) is 6.07 Å². The molecule has 0 spiro atoms. The molecule has 2 aliphatic rings. The van der Waals surface area contributed by atoms with E-state index in [4.69, 9.17) is 14.3 Å². The quantitative estimate of drug-likeness (QED) is 0.394. The second kappa shape index (κ2) is 12.2. The number of phenolic OH excluding ortho intramolecular Hbond substituents is 2. The summed E-state index contributed by atoms with van der Waals surface area (Å²) < 4.78 is 10.9. The number of hydrogen-bond acceptors (Lipinski definition) is 8. The van der Waals surface area contributed by atoms with E-state index in [2.05, 4.69) is 5.16 Å². The summed E-state index contributed by atoms with van der Waals surface area (Å²) in [6.07, 6.45) is 9.73. The Labute approximate surface area is 199 Å². The van der Waals surface area contributed by atoms with Crippen LogP contribution in [-0.4, -0.2) is 71.2 Å².